The van der Waals surface area contributed by atoms with Crippen molar-refractivity contribution in [1.82, 2.24) is 4.98 Å². The SMILES string of the molecule is COc1ccc(C(=O)c2cncc3ccccc23)c(OC)c1. The topological polar surface area (TPSA) is 48.4 Å². The first-order valence-electron chi connectivity index (χ1n) is 6.84. The molecule has 22 heavy (non-hydrogen) atoms. The zero-order valence-corrected chi connectivity index (χ0v) is 12.4. The van der Waals surface area contributed by atoms with Crippen molar-refractivity contribution in [1.29, 1.82) is 0 Å². The molecule has 0 fully saturated rings. The van der Waals surface area contributed by atoms with E-state index in [2.05, 4.69) is 4.98 Å². The van der Waals surface area contributed by atoms with Crippen LogP contribution in [0, 0.1) is 0 Å². The molecule has 0 aliphatic carbocycles. The molecule has 0 aliphatic heterocycles. The summed E-state index contributed by atoms with van der Waals surface area (Å²) in [6, 6.07) is 12.8. The van der Waals surface area contributed by atoms with Crippen LogP contribution in [0.4, 0.5) is 0 Å². The quantitative estimate of drug-likeness (QED) is 0.691. The number of carbonyl (C=O) groups is 1. The van der Waals surface area contributed by atoms with Crippen LogP contribution in [0.5, 0.6) is 11.5 Å². The summed E-state index contributed by atoms with van der Waals surface area (Å²) in [4.78, 5) is 17.0. The highest BCUT2D eigenvalue weighted by atomic mass is 16.5. The first-order valence-corrected chi connectivity index (χ1v) is 6.84. The predicted octanol–water partition coefficient (Wildman–Crippen LogP) is 3.48. The van der Waals surface area contributed by atoms with E-state index in [1.165, 1.54) is 7.11 Å². The molecule has 4 heteroatoms. The minimum atomic E-state index is -0.121. The molecule has 0 N–H and O–H groups in total. The van der Waals surface area contributed by atoms with Crippen molar-refractivity contribution in [3.8, 4) is 11.5 Å². The first kappa shape index (κ1) is 14.1. The van der Waals surface area contributed by atoms with Crippen molar-refractivity contribution in [2.24, 2.45) is 0 Å². The molecule has 1 heterocycles. The summed E-state index contributed by atoms with van der Waals surface area (Å²) in [5, 5.41) is 1.81. The average molecular weight is 293 g/mol. The Morgan fingerprint density at radius 3 is 2.55 bits per heavy atom. The maximum absolute atomic E-state index is 12.9. The molecule has 0 amide bonds. The molecule has 0 aliphatic rings. The van der Waals surface area contributed by atoms with Crippen molar-refractivity contribution >= 4 is 16.6 Å². The lowest BCUT2D eigenvalue weighted by atomic mass is 9.99. The highest BCUT2D eigenvalue weighted by molar-refractivity contribution is 6.17. The number of fused-ring (bicyclic) bond motifs is 1. The van der Waals surface area contributed by atoms with Gasteiger partial charge >= 0.3 is 0 Å². The number of nitrogens with zero attached hydrogens (tertiary/aromatic N) is 1. The van der Waals surface area contributed by atoms with Gasteiger partial charge in [-0.3, -0.25) is 9.78 Å². The maximum Gasteiger partial charge on any atom is 0.198 e. The summed E-state index contributed by atoms with van der Waals surface area (Å²) in [6.07, 6.45) is 3.34. The molecule has 0 saturated carbocycles. The second kappa shape index (κ2) is 5.85. The van der Waals surface area contributed by atoms with E-state index in [1.54, 1.807) is 37.7 Å². The summed E-state index contributed by atoms with van der Waals surface area (Å²) >= 11 is 0. The van der Waals surface area contributed by atoms with E-state index in [0.29, 0.717) is 22.6 Å². The Balaban J connectivity index is 2.14. The number of hydrogen-bond acceptors (Lipinski definition) is 4. The molecule has 0 bridgehead atoms. The van der Waals surface area contributed by atoms with Gasteiger partial charge in [0.15, 0.2) is 5.78 Å². The fourth-order valence-corrected chi connectivity index (χ4v) is 2.43. The van der Waals surface area contributed by atoms with Gasteiger partial charge in [-0.15, -0.1) is 0 Å². The number of methoxy groups -OCH3 is 2. The van der Waals surface area contributed by atoms with Crippen LogP contribution >= 0.6 is 0 Å². The van der Waals surface area contributed by atoms with E-state index >= 15 is 0 Å². The molecule has 3 rings (SSSR count). The summed E-state index contributed by atoms with van der Waals surface area (Å²) in [5.41, 5.74) is 1.04. The van der Waals surface area contributed by atoms with Gasteiger partial charge in [0.1, 0.15) is 11.5 Å². The van der Waals surface area contributed by atoms with E-state index in [0.717, 1.165) is 10.8 Å². The molecule has 0 spiro atoms. The zero-order chi connectivity index (χ0) is 15.5. The van der Waals surface area contributed by atoms with E-state index < -0.39 is 0 Å². The van der Waals surface area contributed by atoms with E-state index in [1.807, 2.05) is 24.3 Å². The molecule has 0 saturated heterocycles. The second-order valence-electron chi connectivity index (χ2n) is 4.80. The summed E-state index contributed by atoms with van der Waals surface area (Å²) < 4.78 is 10.5. The van der Waals surface area contributed by atoms with E-state index in [9.17, 15) is 4.79 Å². The number of pyridine rings is 1. The second-order valence-corrected chi connectivity index (χ2v) is 4.80. The third-order valence-electron chi connectivity index (χ3n) is 3.57. The molecule has 0 atom stereocenters. The monoisotopic (exact) mass is 293 g/mol. The van der Waals surface area contributed by atoms with Crippen LogP contribution < -0.4 is 9.47 Å². The number of carbonyl (C=O) groups excluding carboxylic acids is 1. The number of hydrogen-bond donors (Lipinski definition) is 0. The Morgan fingerprint density at radius 2 is 1.77 bits per heavy atom. The lowest BCUT2D eigenvalue weighted by Crippen LogP contribution is -2.05. The lowest BCUT2D eigenvalue weighted by Gasteiger charge is -2.10. The van der Waals surface area contributed by atoms with Crippen molar-refractivity contribution < 1.29 is 14.3 Å². The summed E-state index contributed by atoms with van der Waals surface area (Å²) in [6.45, 7) is 0. The minimum Gasteiger partial charge on any atom is -0.497 e. The molecular formula is C18H15NO3. The Morgan fingerprint density at radius 1 is 0.955 bits per heavy atom. The normalized spacial score (nSPS) is 10.5. The molecule has 1 aromatic heterocycles. The molecule has 2 aromatic carbocycles. The van der Waals surface area contributed by atoms with Crippen LogP contribution in [0.1, 0.15) is 15.9 Å². The highest BCUT2D eigenvalue weighted by Gasteiger charge is 2.17. The fraction of sp³-hybridized carbons (Fsp3) is 0.111. The summed E-state index contributed by atoms with van der Waals surface area (Å²) in [5.74, 6) is 1.01. The van der Waals surface area contributed by atoms with Gasteiger partial charge in [-0.25, -0.2) is 0 Å². The van der Waals surface area contributed by atoms with Gasteiger partial charge in [0.05, 0.1) is 19.8 Å². The Labute approximate surface area is 128 Å². The van der Waals surface area contributed by atoms with Gasteiger partial charge in [0.25, 0.3) is 0 Å². The van der Waals surface area contributed by atoms with Crippen LogP contribution in [0.25, 0.3) is 10.8 Å². The van der Waals surface area contributed by atoms with Crippen LogP contribution in [-0.2, 0) is 0 Å². The molecule has 3 aromatic rings. The van der Waals surface area contributed by atoms with Gasteiger partial charge in [-0.1, -0.05) is 24.3 Å². The van der Waals surface area contributed by atoms with Crippen LogP contribution in [0.15, 0.2) is 54.9 Å². The first-order chi connectivity index (χ1) is 10.7. The fourth-order valence-electron chi connectivity index (χ4n) is 2.43. The van der Waals surface area contributed by atoms with Crippen LogP contribution in [0.3, 0.4) is 0 Å². The molecule has 110 valence electrons. The Kier molecular flexibility index (Phi) is 3.74. The number of aromatic nitrogens is 1. The molecule has 4 nitrogen and oxygen atoms in total. The number of rotatable bonds is 4. The lowest BCUT2D eigenvalue weighted by molar-refractivity contribution is 0.103. The van der Waals surface area contributed by atoms with Crippen molar-refractivity contribution in [2.75, 3.05) is 14.2 Å². The van der Waals surface area contributed by atoms with Gasteiger partial charge in [0.2, 0.25) is 0 Å². The van der Waals surface area contributed by atoms with Crippen molar-refractivity contribution in [2.45, 2.75) is 0 Å². The predicted molar refractivity (Wildman–Crippen MR) is 84.7 cm³/mol. The Bertz CT molecular complexity index is 837. The van der Waals surface area contributed by atoms with Gasteiger partial charge in [0, 0.05) is 29.4 Å². The van der Waals surface area contributed by atoms with Crippen LogP contribution in [-0.4, -0.2) is 25.0 Å². The third-order valence-corrected chi connectivity index (χ3v) is 3.57. The van der Waals surface area contributed by atoms with E-state index in [4.69, 9.17) is 9.47 Å². The summed E-state index contributed by atoms with van der Waals surface area (Å²) in [7, 11) is 3.11. The van der Waals surface area contributed by atoms with Gasteiger partial charge in [-0.05, 0) is 17.5 Å². The van der Waals surface area contributed by atoms with Gasteiger partial charge < -0.3 is 9.47 Å². The molecular weight excluding hydrogens is 278 g/mol. The van der Waals surface area contributed by atoms with E-state index in [-0.39, 0.29) is 5.78 Å². The molecule has 0 unspecified atom stereocenters. The third kappa shape index (κ3) is 2.39. The smallest absolute Gasteiger partial charge is 0.198 e. The number of ketones is 1. The number of benzene rings is 2. The van der Waals surface area contributed by atoms with Crippen molar-refractivity contribution in [3.63, 3.8) is 0 Å². The molecule has 0 radical (unpaired) electrons. The van der Waals surface area contributed by atoms with Crippen LogP contribution in [0.2, 0.25) is 0 Å². The number of ether oxygens (including phenoxy) is 2. The largest absolute Gasteiger partial charge is 0.497 e. The average Bonchev–Trinajstić information content (AvgIpc) is 2.60. The zero-order valence-electron chi connectivity index (χ0n) is 12.4. The highest BCUT2D eigenvalue weighted by Crippen LogP contribution is 2.28. The standard InChI is InChI=1S/C18H15NO3/c1-21-13-7-8-15(17(9-13)22-2)18(20)16-11-19-10-12-5-3-4-6-14(12)16/h3-11H,1-2H3. The van der Waals surface area contributed by atoms with Crippen molar-refractivity contribution in [3.05, 3.63) is 66.0 Å². The minimum absolute atomic E-state index is 0.121. The maximum atomic E-state index is 12.9. The van der Waals surface area contributed by atoms with Gasteiger partial charge in [-0.2, -0.15) is 0 Å². The Hall–Kier alpha value is -2.88.